The number of benzene rings is 3. The first-order valence-electron chi connectivity index (χ1n) is 21.5. The smallest absolute Gasteiger partial charge is 0.222 e. The molecule has 2 saturated heterocycles. The SMILES string of the molecule is COc1ccc(C(OCC2(C)CCN(C(=O)CCCCCNC(=O)CCCO[C@@H]3O[C@H](CO)[C@H](O)[C@H](O)[C@H]3NC(C)=O)CC2)(c2ccc(OC)cc2)c2ccc(OC)cc2)cc1. The second kappa shape index (κ2) is 23.1. The maximum Gasteiger partial charge on any atom is 0.222 e. The summed E-state index contributed by atoms with van der Waals surface area (Å²) >= 11 is 0. The van der Waals surface area contributed by atoms with Crippen molar-refractivity contribution in [3.63, 3.8) is 0 Å². The number of nitrogens with zero attached hydrogens (tertiary/aromatic N) is 1. The third-order valence-electron chi connectivity index (χ3n) is 11.9. The third-order valence-corrected chi connectivity index (χ3v) is 11.9. The number of ether oxygens (including phenoxy) is 6. The summed E-state index contributed by atoms with van der Waals surface area (Å²) in [6.07, 6.45) is -0.151. The van der Waals surface area contributed by atoms with E-state index in [1.807, 2.05) is 77.7 Å². The van der Waals surface area contributed by atoms with E-state index in [9.17, 15) is 29.7 Å². The number of aliphatic hydroxyl groups excluding tert-OH is 3. The number of nitrogens with one attached hydrogen (secondary N) is 2. The molecular weight excluding hydrogens is 799 g/mol. The van der Waals surface area contributed by atoms with Gasteiger partial charge in [-0.25, -0.2) is 0 Å². The summed E-state index contributed by atoms with van der Waals surface area (Å²) in [5.74, 6) is 1.78. The predicted molar refractivity (Wildman–Crippen MR) is 231 cm³/mol. The number of hydrogen-bond donors (Lipinski definition) is 5. The molecule has 3 aromatic carbocycles. The normalized spacial score (nSPS) is 21.2. The third kappa shape index (κ3) is 12.4. The first-order valence-corrected chi connectivity index (χ1v) is 21.5. The van der Waals surface area contributed by atoms with Crippen molar-refractivity contribution in [3.05, 3.63) is 89.5 Å². The highest BCUT2D eigenvalue weighted by Crippen LogP contribution is 2.44. The topological polar surface area (TPSA) is 195 Å². The van der Waals surface area contributed by atoms with Crippen LogP contribution < -0.4 is 24.8 Å². The van der Waals surface area contributed by atoms with E-state index in [0.29, 0.717) is 39.1 Å². The van der Waals surface area contributed by atoms with E-state index >= 15 is 0 Å². The molecule has 3 amide bonds. The van der Waals surface area contributed by atoms with Crippen LogP contribution in [0.1, 0.15) is 81.9 Å². The van der Waals surface area contributed by atoms with Gasteiger partial charge in [0.2, 0.25) is 17.7 Å². The Morgan fingerprint density at radius 2 is 1.31 bits per heavy atom. The van der Waals surface area contributed by atoms with Crippen LogP contribution in [0, 0.1) is 5.41 Å². The molecule has 2 heterocycles. The summed E-state index contributed by atoms with van der Waals surface area (Å²) in [4.78, 5) is 39.3. The van der Waals surface area contributed by atoms with Crippen molar-refractivity contribution in [2.45, 2.75) is 101 Å². The van der Waals surface area contributed by atoms with Crippen LogP contribution in [-0.4, -0.2) is 129 Å². The fourth-order valence-corrected chi connectivity index (χ4v) is 8.05. The average Bonchev–Trinajstić information content (AvgIpc) is 3.29. The van der Waals surface area contributed by atoms with Gasteiger partial charge in [-0.1, -0.05) is 49.7 Å². The van der Waals surface area contributed by atoms with E-state index in [1.54, 1.807) is 21.3 Å². The Balaban J connectivity index is 1.07. The van der Waals surface area contributed by atoms with Crippen LogP contribution in [0.4, 0.5) is 0 Å². The van der Waals surface area contributed by atoms with E-state index in [1.165, 1.54) is 6.92 Å². The summed E-state index contributed by atoms with van der Waals surface area (Å²) in [6, 6.07) is 22.9. The fourth-order valence-electron chi connectivity index (χ4n) is 8.05. The first kappa shape index (κ1) is 48.3. The van der Waals surface area contributed by atoms with Crippen LogP contribution in [0.2, 0.25) is 0 Å². The van der Waals surface area contributed by atoms with Crippen LogP contribution in [0.5, 0.6) is 17.2 Å². The van der Waals surface area contributed by atoms with E-state index in [4.69, 9.17) is 28.4 Å². The largest absolute Gasteiger partial charge is 0.497 e. The molecule has 15 heteroatoms. The molecule has 0 aromatic heterocycles. The zero-order chi connectivity index (χ0) is 44.7. The molecule has 340 valence electrons. The van der Waals surface area contributed by atoms with Crippen molar-refractivity contribution in [1.29, 1.82) is 0 Å². The van der Waals surface area contributed by atoms with E-state index in [2.05, 4.69) is 17.6 Å². The summed E-state index contributed by atoms with van der Waals surface area (Å²) in [5.41, 5.74) is 1.68. The van der Waals surface area contributed by atoms with Crippen molar-refractivity contribution in [2.75, 3.05) is 60.8 Å². The van der Waals surface area contributed by atoms with Crippen LogP contribution in [-0.2, 0) is 34.2 Å². The number of rotatable bonds is 22. The Morgan fingerprint density at radius 3 is 1.79 bits per heavy atom. The summed E-state index contributed by atoms with van der Waals surface area (Å²) < 4.78 is 35.0. The van der Waals surface area contributed by atoms with Crippen LogP contribution in [0.15, 0.2) is 72.8 Å². The van der Waals surface area contributed by atoms with Crippen molar-refractivity contribution in [1.82, 2.24) is 15.5 Å². The van der Waals surface area contributed by atoms with Gasteiger partial charge < -0.3 is 59.3 Å². The lowest BCUT2D eigenvalue weighted by molar-refractivity contribution is -0.270. The Hall–Kier alpha value is -4.77. The molecule has 2 aliphatic rings. The quantitative estimate of drug-likeness (QED) is 0.0720. The molecule has 0 unspecified atom stereocenters. The van der Waals surface area contributed by atoms with Gasteiger partial charge >= 0.3 is 0 Å². The number of amides is 3. The van der Waals surface area contributed by atoms with Crippen molar-refractivity contribution >= 4 is 17.7 Å². The van der Waals surface area contributed by atoms with Gasteiger partial charge in [0.1, 0.15) is 47.2 Å². The molecule has 2 aliphatic heterocycles. The monoisotopic (exact) mass is 863 g/mol. The molecular formula is C47H65N3O12. The lowest BCUT2D eigenvalue weighted by Gasteiger charge is -2.43. The molecule has 0 spiro atoms. The minimum absolute atomic E-state index is 0.0950. The van der Waals surface area contributed by atoms with E-state index in [-0.39, 0.29) is 30.3 Å². The number of likely N-dealkylation sites (tertiary alicyclic amines) is 1. The number of unbranched alkanes of at least 4 members (excludes halogenated alkanes) is 2. The number of aliphatic hydroxyl groups is 3. The van der Waals surface area contributed by atoms with Crippen molar-refractivity contribution < 1.29 is 58.1 Å². The van der Waals surface area contributed by atoms with E-state index < -0.39 is 48.8 Å². The molecule has 5 rings (SSSR count). The molecule has 15 nitrogen and oxygen atoms in total. The van der Waals surface area contributed by atoms with Crippen LogP contribution in [0.3, 0.4) is 0 Å². The van der Waals surface area contributed by atoms with Gasteiger partial charge in [0, 0.05) is 39.4 Å². The van der Waals surface area contributed by atoms with Gasteiger partial charge in [0.05, 0.1) is 41.2 Å². The van der Waals surface area contributed by atoms with Gasteiger partial charge in [0.25, 0.3) is 0 Å². The molecule has 0 aliphatic carbocycles. The number of methoxy groups -OCH3 is 3. The summed E-state index contributed by atoms with van der Waals surface area (Å²) in [6.45, 7) is 5.28. The van der Waals surface area contributed by atoms with Crippen molar-refractivity contribution in [3.8, 4) is 17.2 Å². The molecule has 0 radical (unpaired) electrons. The molecule has 62 heavy (non-hydrogen) atoms. The van der Waals surface area contributed by atoms with E-state index in [0.717, 1.165) is 66.0 Å². The molecule has 5 N–H and O–H groups in total. The zero-order valence-electron chi connectivity index (χ0n) is 36.7. The second-order valence-corrected chi connectivity index (χ2v) is 16.4. The number of hydrogen-bond acceptors (Lipinski definition) is 12. The molecule has 0 saturated carbocycles. The van der Waals surface area contributed by atoms with Gasteiger partial charge in [-0.05, 0) is 90.6 Å². The number of carbonyl (C=O) groups excluding carboxylic acids is 3. The van der Waals surface area contributed by atoms with Crippen molar-refractivity contribution in [2.24, 2.45) is 5.41 Å². The Kier molecular flexibility index (Phi) is 18.0. The standard InChI is InChI=1S/C47H65N3O12/c1-32(52)49-42-44(56)43(55)39(30-51)62-45(42)60-29-9-10-40(53)48-26-8-6-7-11-41(54)50-27-24-46(2,25-28-50)31-61-47(33-12-18-36(57-3)19-13-33,34-14-20-37(58-4)21-15-34)35-16-22-38(59-5)23-17-35/h12-23,39,42-45,51,55-56H,6-11,24-31H2,1-5H3,(H,48,53)(H,49,52)/t39-,42-,43+,44-,45-/m1/s1. The zero-order valence-corrected chi connectivity index (χ0v) is 36.7. The maximum absolute atomic E-state index is 13.3. The minimum Gasteiger partial charge on any atom is -0.497 e. The van der Waals surface area contributed by atoms with Gasteiger partial charge in [-0.3, -0.25) is 14.4 Å². The van der Waals surface area contributed by atoms with Gasteiger partial charge in [0.15, 0.2) is 6.29 Å². The minimum atomic E-state index is -1.40. The Morgan fingerprint density at radius 1 is 0.774 bits per heavy atom. The Bertz CT molecular complexity index is 1740. The second-order valence-electron chi connectivity index (χ2n) is 16.4. The maximum atomic E-state index is 13.3. The highest BCUT2D eigenvalue weighted by Gasteiger charge is 2.45. The predicted octanol–water partition coefficient (Wildman–Crippen LogP) is 4.07. The first-order chi connectivity index (χ1) is 29.9. The highest BCUT2D eigenvalue weighted by molar-refractivity contribution is 5.76. The highest BCUT2D eigenvalue weighted by atomic mass is 16.7. The van der Waals surface area contributed by atoms with Crippen LogP contribution in [0.25, 0.3) is 0 Å². The lowest BCUT2D eigenvalue weighted by Crippen LogP contribution is -2.64. The Labute approximate surface area is 365 Å². The molecule has 0 bridgehead atoms. The summed E-state index contributed by atoms with van der Waals surface area (Å²) in [7, 11) is 4.95. The fraction of sp³-hybridized carbons (Fsp3) is 0.553. The summed E-state index contributed by atoms with van der Waals surface area (Å²) in [5, 5.41) is 35.5. The van der Waals surface area contributed by atoms with Gasteiger partial charge in [-0.15, -0.1) is 0 Å². The average molecular weight is 864 g/mol. The number of piperidine rings is 1. The molecule has 5 atom stereocenters. The van der Waals surface area contributed by atoms with Crippen LogP contribution >= 0.6 is 0 Å². The lowest BCUT2D eigenvalue weighted by atomic mass is 9.78. The van der Waals surface area contributed by atoms with Gasteiger partial charge in [-0.2, -0.15) is 0 Å². The number of carbonyl (C=O) groups is 3. The molecule has 2 fully saturated rings. The molecule has 3 aromatic rings.